The van der Waals surface area contributed by atoms with Crippen LogP contribution in [0, 0.1) is 5.82 Å². The molecular formula is C25H35FN6O3. The molecule has 1 saturated heterocycles. The molecule has 1 amide bonds. The fourth-order valence-corrected chi connectivity index (χ4v) is 4.32. The lowest BCUT2D eigenvalue weighted by atomic mass is 9.98. The van der Waals surface area contributed by atoms with Crippen molar-refractivity contribution in [3.05, 3.63) is 36.3 Å². The highest BCUT2D eigenvalue weighted by molar-refractivity contribution is 5.83. The number of ether oxygens (including phenoxy) is 2. The summed E-state index contributed by atoms with van der Waals surface area (Å²) < 4.78 is 25.7. The van der Waals surface area contributed by atoms with Crippen LogP contribution >= 0.6 is 0 Å². The maximum absolute atomic E-state index is 14.6. The molecule has 2 aromatic rings. The summed E-state index contributed by atoms with van der Waals surface area (Å²) >= 11 is 0. The van der Waals surface area contributed by atoms with E-state index < -0.39 is 11.9 Å². The quantitative estimate of drug-likeness (QED) is 0.508. The minimum absolute atomic E-state index is 0.0429. The first-order valence-corrected chi connectivity index (χ1v) is 12.5. The van der Waals surface area contributed by atoms with Crippen LogP contribution in [0.25, 0.3) is 0 Å². The van der Waals surface area contributed by atoms with Crippen LogP contribution in [0.2, 0.25) is 0 Å². The standard InChI is InChI=1S/C25H35FN6O3/c1-31-13-15-32(16-14-31)12-5-17-34-22-9-8-19(18-21(22)26)28-24-27-11-10-23(29-24)30-25(33)35-20-6-3-2-4-7-20/h8-11,18,20H,2-7,12-17H2,1H3,(H2,27,28,29,30,33). The second kappa shape index (κ2) is 12.6. The number of benzene rings is 1. The molecule has 2 heterocycles. The zero-order valence-electron chi connectivity index (χ0n) is 20.3. The Labute approximate surface area is 206 Å². The summed E-state index contributed by atoms with van der Waals surface area (Å²) in [5.74, 6) is 0.306. The third-order valence-electron chi connectivity index (χ3n) is 6.37. The summed E-state index contributed by atoms with van der Waals surface area (Å²) in [5, 5.41) is 5.60. The van der Waals surface area contributed by atoms with Gasteiger partial charge in [0.05, 0.1) is 6.61 Å². The summed E-state index contributed by atoms with van der Waals surface area (Å²) in [6.07, 6.45) is 6.93. The second-order valence-corrected chi connectivity index (χ2v) is 9.17. The number of hydrogen-bond acceptors (Lipinski definition) is 8. The first-order chi connectivity index (χ1) is 17.0. The molecule has 4 rings (SSSR count). The molecule has 1 aliphatic heterocycles. The zero-order valence-corrected chi connectivity index (χ0v) is 20.3. The summed E-state index contributed by atoms with van der Waals surface area (Å²) in [6.45, 7) is 5.70. The van der Waals surface area contributed by atoms with Crippen LogP contribution in [-0.4, -0.2) is 78.3 Å². The molecule has 2 fully saturated rings. The Hall–Kier alpha value is -2.98. The Bertz CT molecular complexity index is 964. The molecule has 1 aromatic heterocycles. The van der Waals surface area contributed by atoms with Gasteiger partial charge in [0.25, 0.3) is 0 Å². The molecule has 10 heteroatoms. The van der Waals surface area contributed by atoms with Crippen molar-refractivity contribution < 1.29 is 18.7 Å². The molecule has 0 atom stereocenters. The number of hydrogen-bond donors (Lipinski definition) is 2. The van der Waals surface area contributed by atoms with Crippen molar-refractivity contribution in [2.45, 2.75) is 44.6 Å². The van der Waals surface area contributed by atoms with E-state index in [4.69, 9.17) is 9.47 Å². The van der Waals surface area contributed by atoms with Gasteiger partial charge in [0, 0.05) is 50.7 Å². The van der Waals surface area contributed by atoms with E-state index in [-0.39, 0.29) is 17.8 Å². The molecule has 9 nitrogen and oxygen atoms in total. The zero-order chi connectivity index (χ0) is 24.5. The highest BCUT2D eigenvalue weighted by Gasteiger charge is 2.18. The van der Waals surface area contributed by atoms with Crippen LogP contribution in [-0.2, 0) is 4.74 Å². The Morgan fingerprint density at radius 2 is 1.94 bits per heavy atom. The average Bonchev–Trinajstić information content (AvgIpc) is 2.85. The number of piperazine rings is 1. The van der Waals surface area contributed by atoms with E-state index in [2.05, 4.69) is 37.4 Å². The normalized spacial score (nSPS) is 17.7. The number of nitrogens with zero attached hydrogens (tertiary/aromatic N) is 4. The average molecular weight is 487 g/mol. The van der Waals surface area contributed by atoms with E-state index in [1.807, 2.05) is 0 Å². The van der Waals surface area contributed by atoms with Crippen LogP contribution < -0.4 is 15.4 Å². The van der Waals surface area contributed by atoms with Gasteiger partial charge in [0.2, 0.25) is 5.95 Å². The number of likely N-dealkylation sites (N-methyl/N-ethyl adjacent to an activating group) is 1. The van der Waals surface area contributed by atoms with E-state index in [0.29, 0.717) is 18.1 Å². The molecule has 2 aliphatic rings. The molecule has 1 aromatic carbocycles. The summed E-state index contributed by atoms with van der Waals surface area (Å²) in [7, 11) is 2.14. The first-order valence-electron chi connectivity index (χ1n) is 12.5. The van der Waals surface area contributed by atoms with E-state index in [0.717, 1.165) is 64.8 Å². The van der Waals surface area contributed by atoms with Crippen molar-refractivity contribution in [3.63, 3.8) is 0 Å². The van der Waals surface area contributed by atoms with Crippen molar-refractivity contribution in [1.82, 2.24) is 19.8 Å². The predicted molar refractivity (Wildman–Crippen MR) is 133 cm³/mol. The Kier molecular flexibility index (Phi) is 9.08. The number of carbonyl (C=O) groups excluding carboxylic acids is 1. The van der Waals surface area contributed by atoms with Gasteiger partial charge in [-0.25, -0.2) is 14.2 Å². The van der Waals surface area contributed by atoms with Crippen molar-refractivity contribution >= 4 is 23.5 Å². The van der Waals surface area contributed by atoms with E-state index in [1.165, 1.54) is 18.7 Å². The van der Waals surface area contributed by atoms with Gasteiger partial charge in [-0.1, -0.05) is 6.42 Å². The third kappa shape index (κ3) is 8.03. The lowest BCUT2D eigenvalue weighted by Gasteiger charge is -2.32. The smallest absolute Gasteiger partial charge is 0.413 e. The molecule has 2 N–H and O–H groups in total. The van der Waals surface area contributed by atoms with Crippen LogP contribution in [0.1, 0.15) is 38.5 Å². The third-order valence-corrected chi connectivity index (χ3v) is 6.37. The highest BCUT2D eigenvalue weighted by atomic mass is 19.1. The molecular weight excluding hydrogens is 451 g/mol. The number of aromatic nitrogens is 2. The minimum atomic E-state index is -0.526. The second-order valence-electron chi connectivity index (χ2n) is 9.17. The Balaban J connectivity index is 1.23. The number of rotatable bonds is 9. The van der Waals surface area contributed by atoms with Crippen LogP contribution in [0.4, 0.5) is 26.6 Å². The van der Waals surface area contributed by atoms with Gasteiger partial charge in [0.1, 0.15) is 11.9 Å². The Morgan fingerprint density at radius 1 is 1.14 bits per heavy atom. The van der Waals surface area contributed by atoms with Crippen molar-refractivity contribution in [2.24, 2.45) is 0 Å². The van der Waals surface area contributed by atoms with Gasteiger partial charge in [0.15, 0.2) is 11.6 Å². The van der Waals surface area contributed by atoms with Gasteiger partial charge in [-0.05, 0) is 57.4 Å². The van der Waals surface area contributed by atoms with Crippen LogP contribution in [0.3, 0.4) is 0 Å². The molecule has 35 heavy (non-hydrogen) atoms. The van der Waals surface area contributed by atoms with E-state index >= 15 is 0 Å². The van der Waals surface area contributed by atoms with E-state index in [9.17, 15) is 9.18 Å². The maximum atomic E-state index is 14.6. The van der Waals surface area contributed by atoms with Crippen molar-refractivity contribution in [2.75, 3.05) is 57.0 Å². The molecule has 190 valence electrons. The Morgan fingerprint density at radius 3 is 2.71 bits per heavy atom. The topological polar surface area (TPSA) is 91.9 Å². The minimum Gasteiger partial charge on any atom is -0.490 e. The number of amides is 1. The maximum Gasteiger partial charge on any atom is 0.413 e. The summed E-state index contributed by atoms with van der Waals surface area (Å²) in [6, 6.07) is 6.22. The fourth-order valence-electron chi connectivity index (χ4n) is 4.32. The predicted octanol–water partition coefficient (Wildman–Crippen LogP) is 4.26. The van der Waals surface area contributed by atoms with Crippen LogP contribution in [0.15, 0.2) is 30.5 Å². The lowest BCUT2D eigenvalue weighted by molar-refractivity contribution is 0.0864. The lowest BCUT2D eigenvalue weighted by Crippen LogP contribution is -2.44. The number of anilines is 3. The van der Waals surface area contributed by atoms with Crippen molar-refractivity contribution in [1.29, 1.82) is 0 Å². The monoisotopic (exact) mass is 486 g/mol. The highest BCUT2D eigenvalue weighted by Crippen LogP contribution is 2.24. The van der Waals surface area contributed by atoms with Crippen LogP contribution in [0.5, 0.6) is 5.75 Å². The van der Waals surface area contributed by atoms with E-state index in [1.54, 1.807) is 18.2 Å². The molecule has 0 bridgehead atoms. The molecule has 0 spiro atoms. The largest absolute Gasteiger partial charge is 0.490 e. The number of nitrogens with one attached hydrogen (secondary N) is 2. The molecule has 1 aliphatic carbocycles. The first kappa shape index (κ1) is 25.1. The van der Waals surface area contributed by atoms with Gasteiger partial charge in [-0.2, -0.15) is 4.98 Å². The van der Waals surface area contributed by atoms with Gasteiger partial charge >= 0.3 is 6.09 Å². The molecule has 1 saturated carbocycles. The van der Waals surface area contributed by atoms with Gasteiger partial charge < -0.3 is 24.6 Å². The fraction of sp³-hybridized carbons (Fsp3) is 0.560. The van der Waals surface area contributed by atoms with Crippen molar-refractivity contribution in [3.8, 4) is 5.75 Å². The van der Waals surface area contributed by atoms with Gasteiger partial charge in [-0.3, -0.25) is 5.32 Å². The molecule has 0 radical (unpaired) electrons. The summed E-state index contributed by atoms with van der Waals surface area (Å²) in [5.41, 5.74) is 0.481. The number of carbonyl (C=O) groups is 1. The number of halogens is 1. The molecule has 0 unspecified atom stereocenters. The van der Waals surface area contributed by atoms with Gasteiger partial charge in [-0.15, -0.1) is 0 Å². The SMILES string of the molecule is CN1CCN(CCCOc2ccc(Nc3nccc(NC(=O)OC4CCCCC4)n3)cc2F)CC1. The summed E-state index contributed by atoms with van der Waals surface area (Å²) in [4.78, 5) is 25.3.